The summed E-state index contributed by atoms with van der Waals surface area (Å²) in [6.45, 7) is 11.2. The lowest BCUT2D eigenvalue weighted by atomic mass is 9.94. The van der Waals surface area contributed by atoms with Gasteiger partial charge in [0, 0.05) is 41.3 Å². The zero-order valence-corrected chi connectivity index (χ0v) is 31.8. The summed E-state index contributed by atoms with van der Waals surface area (Å²) in [7, 11) is -2.87. The maximum Gasteiger partial charge on any atom is 0.354 e. The summed E-state index contributed by atoms with van der Waals surface area (Å²) < 4.78 is 13.5. The highest BCUT2D eigenvalue weighted by Crippen LogP contribution is 2.44. The van der Waals surface area contributed by atoms with E-state index in [0.717, 1.165) is 33.2 Å². The number of para-hydroxylation sites is 1. The van der Waals surface area contributed by atoms with Crippen molar-refractivity contribution in [2.24, 2.45) is 0 Å². The van der Waals surface area contributed by atoms with Gasteiger partial charge in [0.05, 0.1) is 11.7 Å². The predicted molar refractivity (Wildman–Crippen MR) is 212 cm³/mol. The molecule has 4 aromatic carbocycles. The second-order valence-corrected chi connectivity index (χ2v) is 19.3. The number of carbonyl (C=O) groups is 2. The third kappa shape index (κ3) is 6.90. The summed E-state index contributed by atoms with van der Waals surface area (Å²) in [5.41, 5.74) is 4.43. The van der Waals surface area contributed by atoms with E-state index < -0.39 is 20.3 Å². The van der Waals surface area contributed by atoms with Crippen LogP contribution in [0.25, 0.3) is 33.6 Å². The van der Waals surface area contributed by atoms with E-state index in [-0.39, 0.29) is 29.3 Å². The Morgan fingerprint density at radius 1 is 0.887 bits per heavy atom. The number of aromatic carboxylic acids is 1. The highest BCUT2D eigenvalue weighted by atomic mass is 28.4. The van der Waals surface area contributed by atoms with Gasteiger partial charge in [-0.25, -0.2) is 14.6 Å². The van der Waals surface area contributed by atoms with Crippen molar-refractivity contribution < 1.29 is 23.5 Å². The number of urea groups is 1. The van der Waals surface area contributed by atoms with Crippen molar-refractivity contribution in [2.45, 2.75) is 64.7 Å². The average Bonchev–Trinajstić information content (AvgIpc) is 3.75. The van der Waals surface area contributed by atoms with Crippen molar-refractivity contribution in [3.63, 3.8) is 0 Å². The molecule has 0 aliphatic carbocycles. The SMILES string of the molecule is CC(C)NC(=O)N1Cc2cc(C(=O)O)nc(-c3cccc(-c4cc5ccccc5o4)c3)c2C1CCO[Si](c1ccccc1)(c1ccccc1)C(C)(C)C. The maximum absolute atomic E-state index is 13.9. The second kappa shape index (κ2) is 14.5. The number of hydrogen-bond donors (Lipinski definition) is 2. The number of furan rings is 1. The Morgan fingerprint density at radius 3 is 2.15 bits per heavy atom. The Hall–Kier alpha value is -5.51. The molecule has 6 aromatic rings. The topological polar surface area (TPSA) is 105 Å². The summed E-state index contributed by atoms with van der Waals surface area (Å²) >= 11 is 0. The van der Waals surface area contributed by atoms with Crippen LogP contribution in [-0.2, 0) is 11.0 Å². The first-order valence-electron chi connectivity index (χ1n) is 18.1. The van der Waals surface area contributed by atoms with Crippen molar-refractivity contribution >= 4 is 41.7 Å². The first-order chi connectivity index (χ1) is 25.5. The molecule has 1 unspecified atom stereocenters. The molecule has 2 amide bonds. The lowest BCUT2D eigenvalue weighted by molar-refractivity contribution is 0.0690. The smallest absolute Gasteiger partial charge is 0.354 e. The largest absolute Gasteiger partial charge is 0.477 e. The standard InChI is InChI=1S/C44H45N3O5Si/c1-29(2)45-43(50)47-28-33-26-36(42(48)49)46-41(32-17-14-16-30(25-32)39-27-31-15-12-13-22-38(31)52-39)40(33)37(47)23-24-51-53(44(3,4)5,34-18-8-6-9-19-34)35-20-10-7-11-21-35/h6-22,25-27,29,37H,23-24,28H2,1-5H3,(H,45,50)(H,48,49). The second-order valence-electron chi connectivity index (χ2n) is 15.0. The van der Waals surface area contributed by atoms with Gasteiger partial charge in [0.15, 0.2) is 0 Å². The first-order valence-corrected chi connectivity index (χ1v) is 20.1. The van der Waals surface area contributed by atoms with Crippen LogP contribution < -0.4 is 15.7 Å². The quantitative estimate of drug-likeness (QED) is 0.137. The summed E-state index contributed by atoms with van der Waals surface area (Å²) in [6, 6.07) is 39.6. The first kappa shape index (κ1) is 35.9. The fraction of sp³-hybridized carbons (Fsp3) is 0.250. The van der Waals surface area contributed by atoms with Crippen LogP contribution in [0.3, 0.4) is 0 Å². The van der Waals surface area contributed by atoms with Crippen molar-refractivity contribution in [3.8, 4) is 22.6 Å². The van der Waals surface area contributed by atoms with Crippen molar-refractivity contribution in [2.75, 3.05) is 6.61 Å². The van der Waals surface area contributed by atoms with Crippen LogP contribution in [0.2, 0.25) is 5.04 Å². The molecule has 1 aliphatic rings. The fourth-order valence-electron chi connectivity index (χ4n) is 7.76. The van der Waals surface area contributed by atoms with E-state index in [1.165, 1.54) is 10.4 Å². The number of carboxylic acid groups (broad SMARTS) is 1. The molecular weight excluding hydrogens is 679 g/mol. The molecule has 2 N–H and O–H groups in total. The average molecular weight is 724 g/mol. The lowest BCUT2D eigenvalue weighted by Crippen LogP contribution is -2.66. The third-order valence-electron chi connectivity index (χ3n) is 10.1. The number of nitrogens with zero attached hydrogens (tertiary/aromatic N) is 2. The van der Waals surface area contributed by atoms with Gasteiger partial charge in [0.1, 0.15) is 17.0 Å². The van der Waals surface area contributed by atoms with Gasteiger partial charge in [0.2, 0.25) is 0 Å². The summed E-state index contributed by atoms with van der Waals surface area (Å²) in [5, 5.41) is 16.4. The third-order valence-corrected chi connectivity index (χ3v) is 15.1. The van der Waals surface area contributed by atoms with Gasteiger partial charge in [-0.05, 0) is 65.5 Å². The molecule has 7 rings (SSSR count). The van der Waals surface area contributed by atoms with Crippen LogP contribution in [0.15, 0.2) is 126 Å². The Bertz CT molecular complexity index is 2190. The van der Waals surface area contributed by atoms with Gasteiger partial charge < -0.3 is 24.2 Å². The Morgan fingerprint density at radius 2 is 1.53 bits per heavy atom. The fourth-order valence-corrected chi connectivity index (χ4v) is 12.3. The van der Waals surface area contributed by atoms with E-state index in [0.29, 0.717) is 24.5 Å². The van der Waals surface area contributed by atoms with Crippen molar-refractivity contribution in [1.29, 1.82) is 0 Å². The Labute approximate surface area is 311 Å². The normalized spacial score (nSPS) is 14.5. The number of benzene rings is 4. The Kier molecular flexibility index (Phi) is 9.80. The molecular formula is C44H45N3O5Si. The van der Waals surface area contributed by atoms with Gasteiger partial charge >= 0.3 is 12.0 Å². The van der Waals surface area contributed by atoms with Gasteiger partial charge in [-0.2, -0.15) is 0 Å². The highest BCUT2D eigenvalue weighted by molar-refractivity contribution is 6.99. The molecule has 8 nitrogen and oxygen atoms in total. The number of amides is 2. The molecule has 0 radical (unpaired) electrons. The molecule has 270 valence electrons. The van der Waals surface area contributed by atoms with Gasteiger partial charge in [0.25, 0.3) is 8.32 Å². The molecule has 0 spiro atoms. The van der Waals surface area contributed by atoms with Crippen LogP contribution in [0.5, 0.6) is 0 Å². The number of pyridine rings is 1. The zero-order chi connectivity index (χ0) is 37.3. The number of nitrogens with one attached hydrogen (secondary N) is 1. The van der Waals surface area contributed by atoms with Crippen molar-refractivity contribution in [3.05, 3.63) is 138 Å². The van der Waals surface area contributed by atoms with Crippen molar-refractivity contribution in [1.82, 2.24) is 15.2 Å². The highest BCUT2D eigenvalue weighted by Gasteiger charge is 2.50. The number of fused-ring (bicyclic) bond motifs is 2. The minimum Gasteiger partial charge on any atom is -0.477 e. The number of aromatic nitrogens is 1. The molecule has 1 aliphatic heterocycles. The van der Waals surface area contributed by atoms with E-state index in [1.54, 1.807) is 11.0 Å². The molecule has 1 atom stereocenters. The number of rotatable bonds is 10. The minimum absolute atomic E-state index is 0.0682. The van der Waals surface area contributed by atoms with Crippen LogP contribution in [0.1, 0.15) is 68.7 Å². The number of hydrogen-bond acceptors (Lipinski definition) is 5. The van der Waals surface area contributed by atoms with E-state index >= 15 is 0 Å². The Balaban J connectivity index is 1.32. The minimum atomic E-state index is -2.87. The van der Waals surface area contributed by atoms with E-state index in [9.17, 15) is 14.7 Å². The predicted octanol–water partition coefficient (Wildman–Crippen LogP) is 8.80. The van der Waals surface area contributed by atoms with E-state index in [1.807, 2.05) is 80.6 Å². The molecule has 0 fully saturated rings. The molecule has 0 saturated carbocycles. The molecule has 0 bridgehead atoms. The van der Waals surface area contributed by atoms with E-state index in [4.69, 9.17) is 13.8 Å². The van der Waals surface area contributed by atoms with Gasteiger partial charge in [-0.3, -0.25) is 0 Å². The molecule has 53 heavy (non-hydrogen) atoms. The molecule has 3 heterocycles. The zero-order valence-electron chi connectivity index (χ0n) is 30.8. The van der Waals surface area contributed by atoms with Crippen LogP contribution in [-0.4, -0.2) is 48.0 Å². The van der Waals surface area contributed by atoms with E-state index in [2.05, 4.69) is 74.6 Å². The lowest BCUT2D eigenvalue weighted by Gasteiger charge is -2.43. The summed E-state index contributed by atoms with van der Waals surface area (Å²) in [6.07, 6.45) is 0.480. The number of carboxylic acids is 1. The summed E-state index contributed by atoms with van der Waals surface area (Å²) in [4.78, 5) is 33.0. The number of carbonyl (C=O) groups excluding carboxylic acids is 1. The molecule has 9 heteroatoms. The van der Waals surface area contributed by atoms with Gasteiger partial charge in [-0.15, -0.1) is 0 Å². The monoisotopic (exact) mass is 723 g/mol. The van der Waals surface area contributed by atoms with Gasteiger partial charge in [-0.1, -0.05) is 118 Å². The molecule has 2 aromatic heterocycles. The maximum atomic E-state index is 13.9. The summed E-state index contributed by atoms with van der Waals surface area (Å²) in [5.74, 6) is -0.425. The molecule has 0 saturated heterocycles. The van der Waals surface area contributed by atoms with Crippen LogP contribution in [0.4, 0.5) is 4.79 Å². The van der Waals surface area contributed by atoms with Crippen LogP contribution >= 0.6 is 0 Å². The van der Waals surface area contributed by atoms with Crippen LogP contribution in [0, 0.1) is 0 Å².